The monoisotopic (exact) mass is 183 g/mol. The zero-order valence-electron chi connectivity index (χ0n) is 9.10. The largest absolute Gasteiger partial charge is 0.375 e. The minimum absolute atomic E-state index is 0.135. The molecular weight excluding hydrogens is 162 g/mol. The van der Waals surface area contributed by atoms with E-state index in [0.29, 0.717) is 5.41 Å². The van der Waals surface area contributed by atoms with Crippen LogP contribution in [0.3, 0.4) is 0 Å². The lowest BCUT2D eigenvalue weighted by Gasteiger charge is -2.37. The SMILES string of the molecule is CN1CCC2(CC1)COC(C)(C)C2. The van der Waals surface area contributed by atoms with E-state index in [1.807, 2.05) is 0 Å². The predicted molar refractivity (Wildman–Crippen MR) is 53.8 cm³/mol. The molecule has 76 valence electrons. The number of hydrogen-bond donors (Lipinski definition) is 0. The third-order valence-electron chi connectivity index (χ3n) is 3.62. The first-order chi connectivity index (χ1) is 6.02. The minimum atomic E-state index is 0.135. The Kier molecular flexibility index (Phi) is 2.16. The summed E-state index contributed by atoms with van der Waals surface area (Å²) in [5.74, 6) is 0. The average molecular weight is 183 g/mol. The zero-order chi connectivity index (χ0) is 9.53. The molecule has 2 saturated heterocycles. The summed E-state index contributed by atoms with van der Waals surface area (Å²) in [5.41, 5.74) is 0.659. The quantitative estimate of drug-likeness (QED) is 0.568. The van der Waals surface area contributed by atoms with Gasteiger partial charge in [0.05, 0.1) is 12.2 Å². The second-order valence-electron chi connectivity index (χ2n) is 5.53. The molecule has 0 aromatic heterocycles. The van der Waals surface area contributed by atoms with Gasteiger partial charge in [0, 0.05) is 0 Å². The Hall–Kier alpha value is -0.0800. The van der Waals surface area contributed by atoms with Crippen LogP contribution in [0.2, 0.25) is 0 Å². The van der Waals surface area contributed by atoms with Gasteiger partial charge in [-0.2, -0.15) is 0 Å². The van der Waals surface area contributed by atoms with Gasteiger partial charge in [-0.1, -0.05) is 0 Å². The minimum Gasteiger partial charge on any atom is -0.375 e. The third-order valence-corrected chi connectivity index (χ3v) is 3.62. The molecular formula is C11H21NO. The fraction of sp³-hybridized carbons (Fsp3) is 1.00. The van der Waals surface area contributed by atoms with E-state index < -0.39 is 0 Å². The molecule has 2 heteroatoms. The Bertz CT molecular complexity index is 192. The average Bonchev–Trinajstić information content (AvgIpc) is 2.35. The van der Waals surface area contributed by atoms with Crippen molar-refractivity contribution < 1.29 is 4.74 Å². The maximum atomic E-state index is 5.85. The third kappa shape index (κ3) is 1.89. The Morgan fingerprint density at radius 3 is 2.23 bits per heavy atom. The van der Waals surface area contributed by atoms with Crippen molar-refractivity contribution in [1.29, 1.82) is 0 Å². The second-order valence-corrected chi connectivity index (χ2v) is 5.53. The van der Waals surface area contributed by atoms with Gasteiger partial charge >= 0.3 is 0 Å². The van der Waals surface area contributed by atoms with E-state index in [1.165, 1.54) is 32.4 Å². The number of ether oxygens (including phenoxy) is 1. The Morgan fingerprint density at radius 2 is 1.77 bits per heavy atom. The van der Waals surface area contributed by atoms with E-state index >= 15 is 0 Å². The topological polar surface area (TPSA) is 12.5 Å². The van der Waals surface area contributed by atoms with Gasteiger partial charge in [0.15, 0.2) is 0 Å². The molecule has 0 bridgehead atoms. The van der Waals surface area contributed by atoms with Crippen LogP contribution in [0.25, 0.3) is 0 Å². The standard InChI is InChI=1S/C11H21NO/c1-10(2)8-11(9-13-10)4-6-12(3)7-5-11/h4-9H2,1-3H3. The summed E-state index contributed by atoms with van der Waals surface area (Å²) in [7, 11) is 2.22. The molecule has 0 radical (unpaired) electrons. The Balaban J connectivity index is 2.00. The Morgan fingerprint density at radius 1 is 1.15 bits per heavy atom. The highest BCUT2D eigenvalue weighted by Crippen LogP contribution is 2.45. The van der Waals surface area contributed by atoms with E-state index in [0.717, 1.165) is 6.61 Å². The van der Waals surface area contributed by atoms with Crippen LogP contribution in [0.1, 0.15) is 33.1 Å². The first kappa shape index (κ1) is 9.47. The normalized spacial score (nSPS) is 32.5. The molecule has 0 aliphatic carbocycles. The predicted octanol–water partition coefficient (Wildman–Crippen LogP) is 1.90. The maximum absolute atomic E-state index is 5.85. The van der Waals surface area contributed by atoms with E-state index in [4.69, 9.17) is 4.74 Å². The molecule has 2 aliphatic heterocycles. The lowest BCUT2D eigenvalue weighted by Crippen LogP contribution is -2.38. The van der Waals surface area contributed by atoms with Gasteiger partial charge in [-0.25, -0.2) is 0 Å². The number of likely N-dealkylation sites (tertiary alicyclic amines) is 1. The molecule has 0 unspecified atom stereocenters. The van der Waals surface area contributed by atoms with Crippen LogP contribution >= 0.6 is 0 Å². The molecule has 0 N–H and O–H groups in total. The van der Waals surface area contributed by atoms with Crippen molar-refractivity contribution in [2.75, 3.05) is 26.7 Å². The van der Waals surface area contributed by atoms with E-state index in [9.17, 15) is 0 Å². The van der Waals surface area contributed by atoms with Crippen molar-refractivity contribution in [1.82, 2.24) is 4.90 Å². The molecule has 2 nitrogen and oxygen atoms in total. The molecule has 2 heterocycles. The molecule has 1 spiro atoms. The molecule has 0 aromatic carbocycles. The molecule has 0 aromatic rings. The van der Waals surface area contributed by atoms with Crippen LogP contribution in [0.4, 0.5) is 0 Å². The summed E-state index contributed by atoms with van der Waals surface area (Å²) in [5, 5.41) is 0. The zero-order valence-corrected chi connectivity index (χ0v) is 9.10. The lowest BCUT2D eigenvalue weighted by atomic mass is 9.74. The summed E-state index contributed by atoms with van der Waals surface area (Å²) < 4.78 is 5.85. The number of piperidine rings is 1. The molecule has 2 aliphatic rings. The van der Waals surface area contributed by atoms with Crippen LogP contribution in [0.15, 0.2) is 0 Å². The van der Waals surface area contributed by atoms with E-state index in [-0.39, 0.29) is 5.60 Å². The number of hydrogen-bond acceptors (Lipinski definition) is 2. The molecule has 13 heavy (non-hydrogen) atoms. The fourth-order valence-electron chi connectivity index (χ4n) is 2.77. The van der Waals surface area contributed by atoms with Crippen molar-refractivity contribution >= 4 is 0 Å². The van der Waals surface area contributed by atoms with Gasteiger partial charge < -0.3 is 9.64 Å². The van der Waals surface area contributed by atoms with Gasteiger partial charge in [-0.15, -0.1) is 0 Å². The fourth-order valence-corrected chi connectivity index (χ4v) is 2.77. The highest BCUT2D eigenvalue weighted by atomic mass is 16.5. The van der Waals surface area contributed by atoms with Gasteiger partial charge in [-0.05, 0) is 58.7 Å². The van der Waals surface area contributed by atoms with Crippen LogP contribution in [0.5, 0.6) is 0 Å². The van der Waals surface area contributed by atoms with Gasteiger partial charge in [0.25, 0.3) is 0 Å². The van der Waals surface area contributed by atoms with Crippen molar-refractivity contribution in [2.24, 2.45) is 5.41 Å². The maximum Gasteiger partial charge on any atom is 0.0633 e. The molecule has 2 rings (SSSR count). The summed E-state index contributed by atoms with van der Waals surface area (Å²) in [4.78, 5) is 2.43. The first-order valence-electron chi connectivity index (χ1n) is 5.34. The van der Waals surface area contributed by atoms with Crippen LogP contribution in [-0.2, 0) is 4.74 Å². The highest BCUT2D eigenvalue weighted by Gasteiger charge is 2.45. The van der Waals surface area contributed by atoms with Gasteiger partial charge in [-0.3, -0.25) is 0 Å². The number of rotatable bonds is 0. The summed E-state index contributed by atoms with van der Waals surface area (Å²) in [6, 6.07) is 0. The van der Waals surface area contributed by atoms with Crippen molar-refractivity contribution in [3.05, 3.63) is 0 Å². The summed E-state index contributed by atoms with van der Waals surface area (Å²) >= 11 is 0. The first-order valence-corrected chi connectivity index (χ1v) is 5.34. The molecule has 0 atom stereocenters. The smallest absolute Gasteiger partial charge is 0.0633 e. The second kappa shape index (κ2) is 2.96. The van der Waals surface area contributed by atoms with E-state index in [2.05, 4.69) is 25.8 Å². The molecule has 0 saturated carbocycles. The van der Waals surface area contributed by atoms with Gasteiger partial charge in [0.1, 0.15) is 0 Å². The summed E-state index contributed by atoms with van der Waals surface area (Å²) in [6.07, 6.45) is 3.91. The lowest BCUT2D eigenvalue weighted by molar-refractivity contribution is 0.0259. The summed E-state index contributed by atoms with van der Waals surface area (Å²) in [6.45, 7) is 7.94. The highest BCUT2D eigenvalue weighted by molar-refractivity contribution is 4.95. The Labute approximate surface area is 81.3 Å². The molecule has 0 amide bonds. The molecule has 2 fully saturated rings. The van der Waals surface area contributed by atoms with Crippen LogP contribution < -0.4 is 0 Å². The van der Waals surface area contributed by atoms with Crippen molar-refractivity contribution in [2.45, 2.75) is 38.7 Å². The van der Waals surface area contributed by atoms with Gasteiger partial charge in [0.2, 0.25) is 0 Å². The van der Waals surface area contributed by atoms with E-state index in [1.54, 1.807) is 0 Å². The van der Waals surface area contributed by atoms with Crippen LogP contribution in [-0.4, -0.2) is 37.2 Å². The van der Waals surface area contributed by atoms with Crippen LogP contribution in [0, 0.1) is 5.41 Å². The van der Waals surface area contributed by atoms with Crippen molar-refractivity contribution in [3.8, 4) is 0 Å². The number of nitrogens with zero attached hydrogens (tertiary/aromatic N) is 1. The van der Waals surface area contributed by atoms with Crippen molar-refractivity contribution in [3.63, 3.8) is 0 Å².